The Morgan fingerprint density at radius 2 is 1.90 bits per heavy atom. The number of aromatic nitrogens is 1. The molecule has 1 aromatic carbocycles. The molecule has 1 N–H and O–H groups in total. The Hall–Kier alpha value is -2.07. The van der Waals surface area contributed by atoms with Gasteiger partial charge >= 0.3 is 0 Å². The van der Waals surface area contributed by atoms with Gasteiger partial charge in [0.15, 0.2) is 0 Å². The Morgan fingerprint density at radius 3 is 2.70 bits per heavy atom. The van der Waals surface area contributed by atoms with Crippen LogP contribution in [-0.4, -0.2) is 31.2 Å². The third kappa shape index (κ3) is 3.27. The lowest BCUT2D eigenvalue weighted by molar-refractivity contribution is 0.305. The molecule has 1 aliphatic rings. The normalized spacial score (nSPS) is 15.1. The minimum Gasteiger partial charge on any atom is -0.487 e. The van der Waals surface area contributed by atoms with E-state index in [-0.39, 0.29) is 0 Å². The molecule has 0 bridgehead atoms. The topological polar surface area (TPSA) is 37.4 Å². The van der Waals surface area contributed by atoms with Crippen LogP contribution in [0.5, 0.6) is 5.75 Å². The fourth-order valence-corrected chi connectivity index (χ4v) is 2.32. The van der Waals surface area contributed by atoms with Crippen molar-refractivity contribution < 1.29 is 4.74 Å². The van der Waals surface area contributed by atoms with Crippen molar-refractivity contribution in [3.8, 4) is 5.75 Å². The van der Waals surface area contributed by atoms with E-state index in [1.54, 1.807) is 6.20 Å². The van der Waals surface area contributed by atoms with Gasteiger partial charge in [0.25, 0.3) is 0 Å². The van der Waals surface area contributed by atoms with Crippen LogP contribution in [0.1, 0.15) is 5.56 Å². The molecule has 2 heterocycles. The van der Waals surface area contributed by atoms with Crippen molar-refractivity contribution >= 4 is 5.69 Å². The van der Waals surface area contributed by atoms with Crippen LogP contribution < -0.4 is 15.0 Å². The van der Waals surface area contributed by atoms with Crippen molar-refractivity contribution in [2.24, 2.45) is 0 Å². The van der Waals surface area contributed by atoms with Crippen LogP contribution in [0.4, 0.5) is 5.69 Å². The third-order valence-electron chi connectivity index (χ3n) is 3.43. The lowest BCUT2D eigenvalue weighted by atomic mass is 10.2. The second-order valence-electron chi connectivity index (χ2n) is 4.89. The number of ether oxygens (including phenoxy) is 1. The first-order valence-electron chi connectivity index (χ1n) is 6.99. The van der Waals surface area contributed by atoms with E-state index in [1.165, 1.54) is 5.56 Å². The summed E-state index contributed by atoms with van der Waals surface area (Å²) < 4.78 is 5.82. The maximum absolute atomic E-state index is 5.82. The molecule has 1 aliphatic heterocycles. The SMILES string of the molecule is c1ccc(COc2cncc(N3CCNCC3)c2)cc1. The molecule has 4 heteroatoms. The average Bonchev–Trinajstić information content (AvgIpc) is 2.55. The second-order valence-corrected chi connectivity index (χ2v) is 4.89. The van der Waals surface area contributed by atoms with Gasteiger partial charge in [0.2, 0.25) is 0 Å². The van der Waals surface area contributed by atoms with Gasteiger partial charge in [-0.15, -0.1) is 0 Å². The molecule has 0 aliphatic carbocycles. The van der Waals surface area contributed by atoms with Crippen molar-refractivity contribution in [3.63, 3.8) is 0 Å². The minimum absolute atomic E-state index is 0.577. The van der Waals surface area contributed by atoms with Crippen LogP contribution in [0.15, 0.2) is 48.8 Å². The highest BCUT2D eigenvalue weighted by molar-refractivity contribution is 5.48. The fourth-order valence-electron chi connectivity index (χ4n) is 2.32. The zero-order valence-corrected chi connectivity index (χ0v) is 11.5. The summed E-state index contributed by atoms with van der Waals surface area (Å²) in [6.07, 6.45) is 3.68. The third-order valence-corrected chi connectivity index (χ3v) is 3.43. The lowest BCUT2D eigenvalue weighted by Crippen LogP contribution is -2.43. The molecule has 0 saturated carbocycles. The molecule has 104 valence electrons. The fraction of sp³-hybridized carbons (Fsp3) is 0.312. The molecule has 3 rings (SSSR count). The first kappa shape index (κ1) is 12.9. The molecule has 0 spiro atoms. The first-order valence-corrected chi connectivity index (χ1v) is 6.99. The van der Waals surface area contributed by atoms with Crippen molar-refractivity contribution in [1.29, 1.82) is 0 Å². The summed E-state index contributed by atoms with van der Waals surface area (Å²) in [5.74, 6) is 0.824. The van der Waals surface area contributed by atoms with Crippen LogP contribution in [-0.2, 0) is 6.61 Å². The molecular weight excluding hydrogens is 250 g/mol. The Kier molecular flexibility index (Phi) is 4.13. The van der Waals surface area contributed by atoms with E-state index in [2.05, 4.69) is 33.4 Å². The molecule has 4 nitrogen and oxygen atoms in total. The predicted octanol–water partition coefficient (Wildman–Crippen LogP) is 2.07. The summed E-state index contributed by atoms with van der Waals surface area (Å²) in [6, 6.07) is 12.3. The summed E-state index contributed by atoms with van der Waals surface area (Å²) in [7, 11) is 0. The predicted molar refractivity (Wildman–Crippen MR) is 80.1 cm³/mol. The molecule has 0 unspecified atom stereocenters. The molecule has 2 aromatic rings. The van der Waals surface area contributed by atoms with Gasteiger partial charge < -0.3 is 15.0 Å². The van der Waals surface area contributed by atoms with Gasteiger partial charge in [-0.25, -0.2) is 0 Å². The molecule has 0 radical (unpaired) electrons. The standard InChI is InChI=1S/C16H19N3O/c1-2-4-14(5-3-1)13-20-16-10-15(11-18-12-16)19-8-6-17-7-9-19/h1-5,10-12,17H,6-9,13H2. The van der Waals surface area contributed by atoms with Crippen LogP contribution >= 0.6 is 0 Å². The van der Waals surface area contributed by atoms with Crippen molar-refractivity contribution in [2.45, 2.75) is 6.61 Å². The van der Waals surface area contributed by atoms with Gasteiger partial charge in [-0.2, -0.15) is 0 Å². The number of hydrogen-bond acceptors (Lipinski definition) is 4. The summed E-state index contributed by atoms with van der Waals surface area (Å²) in [4.78, 5) is 6.62. The van der Waals surface area contributed by atoms with Crippen LogP contribution in [0.3, 0.4) is 0 Å². The maximum atomic E-state index is 5.82. The Morgan fingerprint density at radius 1 is 1.10 bits per heavy atom. The van der Waals surface area contributed by atoms with Gasteiger partial charge in [-0.1, -0.05) is 30.3 Å². The second kappa shape index (κ2) is 6.39. The maximum Gasteiger partial charge on any atom is 0.140 e. The zero-order chi connectivity index (χ0) is 13.6. The molecule has 1 aromatic heterocycles. The van der Waals surface area contributed by atoms with Crippen molar-refractivity contribution in [3.05, 3.63) is 54.4 Å². The molecule has 0 atom stereocenters. The first-order chi connectivity index (χ1) is 9.92. The lowest BCUT2D eigenvalue weighted by Gasteiger charge is -2.29. The number of hydrogen-bond donors (Lipinski definition) is 1. The molecule has 1 fully saturated rings. The Bertz CT molecular complexity index is 538. The summed E-state index contributed by atoms with van der Waals surface area (Å²) in [6.45, 7) is 4.66. The largest absolute Gasteiger partial charge is 0.487 e. The monoisotopic (exact) mass is 269 g/mol. The summed E-state index contributed by atoms with van der Waals surface area (Å²) in [5, 5.41) is 3.35. The van der Waals surface area contributed by atoms with Crippen molar-refractivity contribution in [2.75, 3.05) is 31.1 Å². The highest BCUT2D eigenvalue weighted by atomic mass is 16.5. The molecule has 1 saturated heterocycles. The Labute approximate surface area is 119 Å². The number of piperazine rings is 1. The van der Waals surface area contributed by atoms with Crippen molar-refractivity contribution in [1.82, 2.24) is 10.3 Å². The van der Waals surface area contributed by atoms with Gasteiger partial charge in [-0.3, -0.25) is 4.98 Å². The number of rotatable bonds is 4. The quantitative estimate of drug-likeness (QED) is 0.922. The van der Waals surface area contributed by atoms with Crippen LogP contribution in [0, 0.1) is 0 Å². The van der Waals surface area contributed by atoms with Gasteiger partial charge in [0.1, 0.15) is 12.4 Å². The van der Waals surface area contributed by atoms with E-state index in [0.717, 1.165) is 37.6 Å². The highest BCUT2D eigenvalue weighted by Crippen LogP contribution is 2.20. The van der Waals surface area contributed by atoms with Gasteiger partial charge in [0.05, 0.1) is 18.1 Å². The van der Waals surface area contributed by atoms with E-state index in [4.69, 9.17) is 4.74 Å². The number of pyridine rings is 1. The smallest absolute Gasteiger partial charge is 0.140 e. The van der Waals surface area contributed by atoms with E-state index in [0.29, 0.717) is 6.61 Å². The number of anilines is 1. The number of nitrogens with zero attached hydrogens (tertiary/aromatic N) is 2. The van der Waals surface area contributed by atoms with E-state index >= 15 is 0 Å². The number of benzene rings is 1. The molecule has 0 amide bonds. The van der Waals surface area contributed by atoms with Gasteiger partial charge in [-0.05, 0) is 5.56 Å². The Balaban J connectivity index is 1.65. The van der Waals surface area contributed by atoms with Crippen LogP contribution in [0.25, 0.3) is 0 Å². The number of nitrogens with one attached hydrogen (secondary N) is 1. The van der Waals surface area contributed by atoms with Crippen LogP contribution in [0.2, 0.25) is 0 Å². The molecule has 20 heavy (non-hydrogen) atoms. The van der Waals surface area contributed by atoms with E-state index < -0.39 is 0 Å². The zero-order valence-electron chi connectivity index (χ0n) is 11.5. The summed E-state index contributed by atoms with van der Waals surface area (Å²) in [5.41, 5.74) is 2.30. The average molecular weight is 269 g/mol. The van der Waals surface area contributed by atoms with E-state index in [1.807, 2.05) is 24.4 Å². The van der Waals surface area contributed by atoms with E-state index in [9.17, 15) is 0 Å². The highest BCUT2D eigenvalue weighted by Gasteiger charge is 2.11. The minimum atomic E-state index is 0.577. The summed E-state index contributed by atoms with van der Waals surface area (Å²) >= 11 is 0. The van der Waals surface area contributed by atoms with Gasteiger partial charge in [0, 0.05) is 32.2 Å². The molecular formula is C16H19N3O.